The zero-order valence-electron chi connectivity index (χ0n) is 16.1. The Bertz CT molecular complexity index is 1090. The lowest BCUT2D eigenvalue weighted by molar-refractivity contribution is -0.386. The Morgan fingerprint density at radius 1 is 1.27 bits per heavy atom. The summed E-state index contributed by atoms with van der Waals surface area (Å²) in [6.07, 6.45) is 1.13. The second-order valence-electron chi connectivity index (χ2n) is 6.64. The molecule has 9 nitrogen and oxygen atoms in total. The van der Waals surface area contributed by atoms with Crippen molar-refractivity contribution in [1.82, 2.24) is 15.2 Å². The third-order valence-corrected chi connectivity index (χ3v) is 5.48. The van der Waals surface area contributed by atoms with Crippen molar-refractivity contribution in [2.75, 3.05) is 11.1 Å². The van der Waals surface area contributed by atoms with Gasteiger partial charge in [0.2, 0.25) is 17.3 Å². The van der Waals surface area contributed by atoms with Crippen LogP contribution in [0.1, 0.15) is 31.6 Å². The summed E-state index contributed by atoms with van der Waals surface area (Å²) in [5.41, 5.74) is 1.85. The fourth-order valence-electron chi connectivity index (χ4n) is 3.08. The molecule has 0 bridgehead atoms. The van der Waals surface area contributed by atoms with Crippen molar-refractivity contribution in [3.05, 3.63) is 58.1 Å². The highest BCUT2D eigenvalue weighted by molar-refractivity contribution is 7.99. The van der Waals surface area contributed by atoms with Gasteiger partial charge < -0.3 is 15.2 Å². The number of aromatic nitrogens is 3. The number of nitro benzene ring substituents is 1. The lowest BCUT2D eigenvalue weighted by Crippen LogP contribution is -2.18. The van der Waals surface area contributed by atoms with Gasteiger partial charge in [0.1, 0.15) is 5.75 Å². The lowest BCUT2D eigenvalue weighted by Gasteiger charge is -2.19. The summed E-state index contributed by atoms with van der Waals surface area (Å²) in [5, 5.41) is 33.7. The number of nitro groups is 1. The van der Waals surface area contributed by atoms with Crippen molar-refractivity contribution in [1.29, 1.82) is 0 Å². The Labute approximate surface area is 176 Å². The SMILES string of the molecule is CCCCSc1nnc2c(n1)OC(c1cc(O)ccc1[N+](=O)[O-])Nc1ccccc1-2. The number of fused-ring (bicyclic) bond motifs is 3. The van der Waals surface area contributed by atoms with E-state index in [1.807, 2.05) is 24.3 Å². The van der Waals surface area contributed by atoms with Crippen LogP contribution in [0.15, 0.2) is 47.6 Å². The van der Waals surface area contributed by atoms with E-state index in [1.165, 1.54) is 30.0 Å². The van der Waals surface area contributed by atoms with E-state index < -0.39 is 11.2 Å². The Kier molecular flexibility index (Phi) is 5.66. The first-order valence-electron chi connectivity index (χ1n) is 9.44. The van der Waals surface area contributed by atoms with Crippen LogP contribution in [-0.2, 0) is 0 Å². The van der Waals surface area contributed by atoms with Gasteiger partial charge in [-0.1, -0.05) is 43.3 Å². The first-order valence-corrected chi connectivity index (χ1v) is 10.4. The quantitative estimate of drug-likeness (QED) is 0.253. The molecule has 0 fully saturated rings. The summed E-state index contributed by atoms with van der Waals surface area (Å²) in [6, 6.07) is 11.2. The lowest BCUT2D eigenvalue weighted by atomic mass is 10.1. The number of nitrogens with zero attached hydrogens (tertiary/aromatic N) is 4. The van der Waals surface area contributed by atoms with E-state index in [9.17, 15) is 15.2 Å². The maximum Gasteiger partial charge on any atom is 0.278 e. The highest BCUT2D eigenvalue weighted by atomic mass is 32.2. The van der Waals surface area contributed by atoms with Crippen molar-refractivity contribution >= 4 is 23.1 Å². The molecule has 1 unspecified atom stereocenters. The fraction of sp³-hybridized carbons (Fsp3) is 0.250. The van der Waals surface area contributed by atoms with Crippen LogP contribution >= 0.6 is 11.8 Å². The number of benzene rings is 2. The van der Waals surface area contributed by atoms with Gasteiger partial charge in [-0.05, 0) is 24.6 Å². The number of hydrogen-bond donors (Lipinski definition) is 2. The van der Waals surface area contributed by atoms with Crippen molar-refractivity contribution in [2.24, 2.45) is 0 Å². The monoisotopic (exact) mass is 425 g/mol. The highest BCUT2D eigenvalue weighted by Gasteiger charge is 2.30. The zero-order valence-corrected chi connectivity index (χ0v) is 16.9. The average molecular weight is 425 g/mol. The minimum Gasteiger partial charge on any atom is -0.508 e. The summed E-state index contributed by atoms with van der Waals surface area (Å²) in [7, 11) is 0. The molecule has 10 heteroatoms. The van der Waals surface area contributed by atoms with Gasteiger partial charge in [-0.15, -0.1) is 10.2 Å². The van der Waals surface area contributed by atoms with Crippen LogP contribution in [0.4, 0.5) is 11.4 Å². The Hall–Kier alpha value is -3.40. The molecule has 0 saturated heterocycles. The van der Waals surface area contributed by atoms with Crippen LogP contribution in [0, 0.1) is 10.1 Å². The summed E-state index contributed by atoms with van der Waals surface area (Å²) in [6.45, 7) is 2.11. The van der Waals surface area contributed by atoms with Gasteiger partial charge in [0, 0.05) is 23.1 Å². The van der Waals surface area contributed by atoms with E-state index >= 15 is 0 Å². The predicted octanol–water partition coefficient (Wildman–Crippen LogP) is 4.55. The Balaban J connectivity index is 1.80. The average Bonchev–Trinajstić information content (AvgIpc) is 2.90. The smallest absolute Gasteiger partial charge is 0.278 e. The number of hydrogen-bond acceptors (Lipinski definition) is 9. The number of anilines is 1. The van der Waals surface area contributed by atoms with Crippen molar-refractivity contribution in [3.63, 3.8) is 0 Å². The second-order valence-corrected chi connectivity index (χ2v) is 7.70. The highest BCUT2D eigenvalue weighted by Crippen LogP contribution is 2.41. The minimum absolute atomic E-state index is 0.102. The van der Waals surface area contributed by atoms with Crippen molar-refractivity contribution in [2.45, 2.75) is 31.1 Å². The fourth-order valence-corrected chi connectivity index (χ4v) is 3.94. The molecule has 0 aliphatic carbocycles. The summed E-state index contributed by atoms with van der Waals surface area (Å²) >= 11 is 1.48. The van der Waals surface area contributed by atoms with Crippen LogP contribution in [0.25, 0.3) is 11.3 Å². The van der Waals surface area contributed by atoms with E-state index in [-0.39, 0.29) is 22.9 Å². The number of unbranched alkanes of at least 4 members (excludes halogenated alkanes) is 1. The van der Waals surface area contributed by atoms with Crippen LogP contribution in [0.2, 0.25) is 0 Å². The van der Waals surface area contributed by atoms with Gasteiger partial charge in [-0.3, -0.25) is 10.1 Å². The van der Waals surface area contributed by atoms with E-state index in [1.54, 1.807) is 0 Å². The van der Waals surface area contributed by atoms with E-state index in [4.69, 9.17) is 4.74 Å². The predicted molar refractivity (Wildman–Crippen MR) is 113 cm³/mol. The number of phenolic OH excluding ortho intramolecular Hbond substituents is 1. The third kappa shape index (κ3) is 3.99. The maximum absolute atomic E-state index is 11.6. The normalized spacial score (nSPS) is 14.6. The number of para-hydroxylation sites is 1. The third-order valence-electron chi connectivity index (χ3n) is 4.55. The number of nitrogens with one attached hydrogen (secondary N) is 1. The Morgan fingerprint density at radius 3 is 2.90 bits per heavy atom. The molecule has 0 radical (unpaired) electrons. The first kappa shape index (κ1) is 19.9. The van der Waals surface area contributed by atoms with E-state index in [0.717, 1.165) is 24.2 Å². The number of thioether (sulfide) groups is 1. The largest absolute Gasteiger partial charge is 0.508 e. The molecule has 3 aromatic rings. The molecule has 2 aromatic carbocycles. The van der Waals surface area contributed by atoms with Crippen molar-refractivity contribution in [3.8, 4) is 22.9 Å². The van der Waals surface area contributed by atoms with Gasteiger partial charge in [0.15, 0.2) is 5.69 Å². The number of rotatable bonds is 6. The van der Waals surface area contributed by atoms with Gasteiger partial charge in [0.25, 0.3) is 5.69 Å². The molecule has 1 aromatic heterocycles. The van der Waals surface area contributed by atoms with Gasteiger partial charge in [-0.25, -0.2) is 0 Å². The van der Waals surface area contributed by atoms with E-state index in [2.05, 4.69) is 27.4 Å². The maximum atomic E-state index is 11.6. The molecule has 2 heterocycles. The summed E-state index contributed by atoms with van der Waals surface area (Å²) < 4.78 is 6.06. The Morgan fingerprint density at radius 2 is 2.10 bits per heavy atom. The molecule has 1 atom stereocenters. The van der Waals surface area contributed by atoms with Crippen LogP contribution < -0.4 is 10.1 Å². The molecule has 1 aliphatic rings. The molecule has 4 rings (SSSR count). The molecule has 154 valence electrons. The minimum atomic E-state index is -0.954. The molecule has 1 aliphatic heterocycles. The number of aromatic hydroxyl groups is 1. The second kappa shape index (κ2) is 8.54. The summed E-state index contributed by atoms with van der Waals surface area (Å²) in [4.78, 5) is 15.6. The standard InChI is InChI=1S/C20H19N5O4S/c1-2-3-10-30-20-22-19-17(23-24-20)13-6-4-5-7-15(13)21-18(29-19)14-11-12(26)8-9-16(14)25(27)28/h4-9,11,18,21,26H,2-3,10H2,1H3. The molecule has 0 saturated carbocycles. The summed E-state index contributed by atoms with van der Waals surface area (Å²) in [5.74, 6) is 0.979. The van der Waals surface area contributed by atoms with Gasteiger partial charge >= 0.3 is 0 Å². The van der Waals surface area contributed by atoms with E-state index in [0.29, 0.717) is 16.5 Å². The number of phenols is 1. The van der Waals surface area contributed by atoms with Gasteiger partial charge in [-0.2, -0.15) is 4.98 Å². The molecule has 30 heavy (non-hydrogen) atoms. The van der Waals surface area contributed by atoms with Crippen molar-refractivity contribution < 1.29 is 14.8 Å². The van der Waals surface area contributed by atoms with Crippen LogP contribution in [0.5, 0.6) is 11.6 Å². The topological polar surface area (TPSA) is 123 Å². The molecule has 0 spiro atoms. The van der Waals surface area contributed by atoms with Crippen LogP contribution in [-0.4, -0.2) is 31.0 Å². The number of ether oxygens (including phenoxy) is 1. The zero-order chi connectivity index (χ0) is 21.1. The first-order chi connectivity index (χ1) is 14.6. The molecule has 0 amide bonds. The molecule has 2 N–H and O–H groups in total. The van der Waals surface area contributed by atoms with Gasteiger partial charge in [0.05, 0.1) is 10.5 Å². The molecular weight excluding hydrogens is 406 g/mol. The molecular formula is C20H19N5O4S. The van der Waals surface area contributed by atoms with Crippen LogP contribution in [0.3, 0.4) is 0 Å².